The van der Waals surface area contributed by atoms with Crippen LogP contribution in [0.25, 0.3) is 10.9 Å². The minimum Gasteiger partial charge on any atom is -0.497 e. The van der Waals surface area contributed by atoms with Gasteiger partial charge in [-0.25, -0.2) is 0 Å². The minimum atomic E-state index is -0.176. The molecular weight excluding hydrogens is 304 g/mol. The molecule has 0 fully saturated rings. The van der Waals surface area contributed by atoms with Gasteiger partial charge in [-0.15, -0.1) is 0 Å². The molecule has 0 unspecified atom stereocenters. The molecule has 0 saturated carbocycles. The van der Waals surface area contributed by atoms with Crippen LogP contribution in [0.3, 0.4) is 0 Å². The zero-order chi connectivity index (χ0) is 17.3. The van der Waals surface area contributed by atoms with E-state index in [4.69, 9.17) is 9.47 Å². The number of aryl methyl sites for hydroxylation is 2. The Morgan fingerprint density at radius 3 is 2.29 bits per heavy atom. The van der Waals surface area contributed by atoms with Gasteiger partial charge in [0.2, 0.25) is 0 Å². The van der Waals surface area contributed by atoms with Gasteiger partial charge < -0.3 is 19.8 Å². The predicted octanol–water partition coefficient (Wildman–Crippen LogP) is 4.05. The number of rotatable bonds is 4. The highest BCUT2D eigenvalue weighted by Crippen LogP contribution is 2.27. The number of carbonyl (C=O) groups excluding carboxylic acids is 1. The number of benzene rings is 2. The number of aromatic amines is 1. The van der Waals surface area contributed by atoms with Crippen LogP contribution in [0.1, 0.15) is 21.6 Å². The highest BCUT2D eigenvalue weighted by molar-refractivity contribution is 6.06. The quantitative estimate of drug-likeness (QED) is 0.761. The van der Waals surface area contributed by atoms with Crippen LogP contribution in [0.4, 0.5) is 5.69 Å². The van der Waals surface area contributed by atoms with Gasteiger partial charge >= 0.3 is 0 Å². The maximum absolute atomic E-state index is 12.6. The maximum Gasteiger partial charge on any atom is 0.255 e. The summed E-state index contributed by atoms with van der Waals surface area (Å²) in [5, 5.41) is 3.95. The number of amides is 1. The molecule has 5 heteroatoms. The van der Waals surface area contributed by atoms with E-state index in [1.807, 2.05) is 32.0 Å². The Bertz CT molecular complexity index is 890. The van der Waals surface area contributed by atoms with E-state index in [2.05, 4.69) is 10.3 Å². The van der Waals surface area contributed by atoms with E-state index in [0.29, 0.717) is 22.7 Å². The molecule has 124 valence electrons. The van der Waals surface area contributed by atoms with Gasteiger partial charge in [-0.2, -0.15) is 0 Å². The highest BCUT2D eigenvalue weighted by atomic mass is 16.5. The van der Waals surface area contributed by atoms with Gasteiger partial charge in [0.15, 0.2) is 0 Å². The van der Waals surface area contributed by atoms with Crippen molar-refractivity contribution in [2.75, 3.05) is 19.5 Å². The van der Waals surface area contributed by atoms with Crippen molar-refractivity contribution < 1.29 is 14.3 Å². The Balaban J connectivity index is 1.91. The zero-order valence-electron chi connectivity index (χ0n) is 14.2. The van der Waals surface area contributed by atoms with Gasteiger partial charge in [-0.1, -0.05) is 0 Å². The topological polar surface area (TPSA) is 63.3 Å². The first kappa shape index (κ1) is 15.9. The van der Waals surface area contributed by atoms with Crippen LogP contribution in [-0.4, -0.2) is 25.1 Å². The lowest BCUT2D eigenvalue weighted by Gasteiger charge is -2.10. The fourth-order valence-corrected chi connectivity index (χ4v) is 2.69. The molecule has 0 atom stereocenters. The number of carbonyl (C=O) groups is 1. The first-order valence-corrected chi connectivity index (χ1v) is 7.65. The van der Waals surface area contributed by atoms with E-state index in [-0.39, 0.29) is 5.91 Å². The molecule has 0 aliphatic carbocycles. The van der Waals surface area contributed by atoms with Gasteiger partial charge in [0, 0.05) is 46.0 Å². The fraction of sp³-hybridized carbons (Fsp3) is 0.211. The molecule has 1 heterocycles. The van der Waals surface area contributed by atoms with Crippen LogP contribution in [0.5, 0.6) is 11.5 Å². The van der Waals surface area contributed by atoms with Gasteiger partial charge in [0.1, 0.15) is 11.5 Å². The van der Waals surface area contributed by atoms with Crippen molar-refractivity contribution in [2.45, 2.75) is 13.8 Å². The van der Waals surface area contributed by atoms with Gasteiger partial charge in [0.25, 0.3) is 5.91 Å². The standard InChI is InChI=1S/C19H20N2O3/c1-11-12(2)20-18-6-5-13(7-17(11)18)19(22)21-14-8-15(23-3)10-16(9-14)24-4/h5-10,20H,1-4H3,(H,21,22). The SMILES string of the molecule is COc1cc(NC(=O)c2ccc3[nH]c(C)c(C)c3c2)cc(OC)c1. The zero-order valence-corrected chi connectivity index (χ0v) is 14.2. The molecule has 0 bridgehead atoms. The van der Waals surface area contributed by atoms with Crippen molar-refractivity contribution in [1.29, 1.82) is 0 Å². The number of nitrogens with one attached hydrogen (secondary N) is 2. The Kier molecular flexibility index (Phi) is 4.16. The van der Waals surface area contributed by atoms with E-state index in [1.54, 1.807) is 32.4 Å². The first-order valence-electron chi connectivity index (χ1n) is 7.65. The van der Waals surface area contributed by atoms with Gasteiger partial charge in [-0.05, 0) is 37.6 Å². The normalized spacial score (nSPS) is 10.7. The van der Waals surface area contributed by atoms with Crippen molar-refractivity contribution in [3.63, 3.8) is 0 Å². The average Bonchev–Trinajstić information content (AvgIpc) is 2.88. The largest absolute Gasteiger partial charge is 0.497 e. The molecule has 0 spiro atoms. The van der Waals surface area contributed by atoms with Crippen molar-refractivity contribution in [3.05, 3.63) is 53.2 Å². The second-order valence-corrected chi connectivity index (χ2v) is 5.69. The second-order valence-electron chi connectivity index (χ2n) is 5.69. The molecule has 0 saturated heterocycles. The summed E-state index contributed by atoms with van der Waals surface area (Å²) in [6.45, 7) is 4.07. The lowest BCUT2D eigenvalue weighted by Crippen LogP contribution is -2.12. The molecule has 5 nitrogen and oxygen atoms in total. The summed E-state index contributed by atoms with van der Waals surface area (Å²) in [5.74, 6) is 1.07. The van der Waals surface area contributed by atoms with E-state index in [0.717, 1.165) is 22.2 Å². The number of ether oxygens (including phenoxy) is 2. The van der Waals surface area contributed by atoms with E-state index < -0.39 is 0 Å². The number of methoxy groups -OCH3 is 2. The summed E-state index contributed by atoms with van der Waals surface area (Å²) in [7, 11) is 3.15. The third-order valence-corrected chi connectivity index (χ3v) is 4.18. The molecule has 0 aliphatic heterocycles. The maximum atomic E-state index is 12.6. The molecule has 2 aromatic carbocycles. The van der Waals surface area contributed by atoms with Crippen LogP contribution in [0, 0.1) is 13.8 Å². The van der Waals surface area contributed by atoms with Crippen LogP contribution in [0.15, 0.2) is 36.4 Å². The van der Waals surface area contributed by atoms with E-state index in [9.17, 15) is 4.79 Å². The molecule has 24 heavy (non-hydrogen) atoms. The summed E-state index contributed by atoms with van der Waals surface area (Å²) in [6, 6.07) is 10.9. The fourth-order valence-electron chi connectivity index (χ4n) is 2.69. The average molecular weight is 324 g/mol. The summed E-state index contributed by atoms with van der Waals surface area (Å²) < 4.78 is 10.5. The van der Waals surface area contributed by atoms with Gasteiger partial charge in [-0.3, -0.25) is 4.79 Å². The number of hydrogen-bond donors (Lipinski definition) is 2. The lowest BCUT2D eigenvalue weighted by atomic mass is 10.1. The third kappa shape index (κ3) is 2.93. The molecule has 3 rings (SSSR count). The minimum absolute atomic E-state index is 0.176. The second kappa shape index (κ2) is 6.28. The highest BCUT2D eigenvalue weighted by Gasteiger charge is 2.11. The number of fused-ring (bicyclic) bond motifs is 1. The van der Waals surface area contributed by atoms with Crippen molar-refractivity contribution in [1.82, 2.24) is 4.98 Å². The monoisotopic (exact) mass is 324 g/mol. The van der Waals surface area contributed by atoms with Crippen molar-refractivity contribution in [3.8, 4) is 11.5 Å². The van der Waals surface area contributed by atoms with Crippen LogP contribution in [-0.2, 0) is 0 Å². The summed E-state index contributed by atoms with van der Waals surface area (Å²) in [4.78, 5) is 15.9. The number of hydrogen-bond acceptors (Lipinski definition) is 3. The lowest BCUT2D eigenvalue weighted by molar-refractivity contribution is 0.102. The first-order chi connectivity index (χ1) is 11.5. The Labute approximate surface area is 140 Å². The van der Waals surface area contributed by atoms with Crippen molar-refractivity contribution in [2.24, 2.45) is 0 Å². The molecule has 1 aromatic heterocycles. The van der Waals surface area contributed by atoms with Gasteiger partial charge in [0.05, 0.1) is 14.2 Å². The molecule has 0 radical (unpaired) electrons. The molecule has 2 N–H and O–H groups in total. The van der Waals surface area contributed by atoms with Crippen LogP contribution in [0.2, 0.25) is 0 Å². The predicted molar refractivity (Wildman–Crippen MR) is 95.3 cm³/mol. The Morgan fingerprint density at radius 2 is 1.67 bits per heavy atom. The number of aromatic nitrogens is 1. The molecule has 0 aliphatic rings. The smallest absolute Gasteiger partial charge is 0.255 e. The Morgan fingerprint density at radius 1 is 1.00 bits per heavy atom. The summed E-state index contributed by atoms with van der Waals surface area (Å²) in [5.41, 5.74) is 4.53. The van der Waals surface area contributed by atoms with Crippen molar-refractivity contribution >= 4 is 22.5 Å². The molecular formula is C19H20N2O3. The van der Waals surface area contributed by atoms with E-state index >= 15 is 0 Å². The Hall–Kier alpha value is -2.95. The van der Waals surface area contributed by atoms with E-state index in [1.165, 1.54) is 0 Å². The third-order valence-electron chi connectivity index (χ3n) is 4.18. The van der Waals surface area contributed by atoms with Crippen LogP contribution >= 0.6 is 0 Å². The molecule has 1 amide bonds. The molecule has 3 aromatic rings. The summed E-state index contributed by atoms with van der Waals surface area (Å²) >= 11 is 0. The number of H-pyrrole nitrogens is 1. The van der Waals surface area contributed by atoms with Crippen LogP contribution < -0.4 is 14.8 Å². The number of anilines is 1. The summed E-state index contributed by atoms with van der Waals surface area (Å²) in [6.07, 6.45) is 0.